The van der Waals surface area contributed by atoms with E-state index in [4.69, 9.17) is 0 Å². The van der Waals surface area contributed by atoms with Crippen LogP contribution in [0.15, 0.2) is 102 Å². The van der Waals surface area contributed by atoms with Crippen molar-refractivity contribution in [2.45, 2.75) is 12.6 Å². The second kappa shape index (κ2) is 8.05. The Bertz CT molecular complexity index is 1390. The zero-order chi connectivity index (χ0) is 21.2. The van der Waals surface area contributed by atoms with Crippen molar-refractivity contribution in [2.24, 2.45) is 0 Å². The summed E-state index contributed by atoms with van der Waals surface area (Å²) >= 11 is 0. The number of H-pyrrole nitrogens is 1. The minimum Gasteiger partial charge on any atom is -0.382 e. The lowest BCUT2D eigenvalue weighted by Gasteiger charge is -2.16. The van der Waals surface area contributed by atoms with E-state index in [1.54, 1.807) is 18.6 Å². The molecule has 1 unspecified atom stereocenters. The van der Waals surface area contributed by atoms with Crippen LogP contribution in [-0.4, -0.2) is 19.6 Å². The second-order valence-corrected chi connectivity index (χ2v) is 7.55. The molecule has 0 fully saturated rings. The highest BCUT2D eigenvalue weighted by molar-refractivity contribution is 5.94. The largest absolute Gasteiger partial charge is 0.382 e. The topological polar surface area (TPSA) is 70.9 Å². The molecule has 152 valence electrons. The van der Waals surface area contributed by atoms with Crippen molar-refractivity contribution in [2.75, 3.05) is 0 Å². The van der Waals surface area contributed by atoms with Gasteiger partial charge in [0.25, 0.3) is 0 Å². The summed E-state index contributed by atoms with van der Waals surface area (Å²) in [6.45, 7) is 0.628. The van der Waals surface area contributed by atoms with Gasteiger partial charge in [0.1, 0.15) is 6.10 Å². The van der Waals surface area contributed by atoms with Crippen molar-refractivity contribution in [3.63, 3.8) is 0 Å². The summed E-state index contributed by atoms with van der Waals surface area (Å²) in [6.07, 6.45) is 2.59. The van der Waals surface area contributed by atoms with Crippen LogP contribution in [0.25, 0.3) is 22.0 Å². The van der Waals surface area contributed by atoms with Crippen LogP contribution >= 0.6 is 0 Å². The molecule has 5 heteroatoms. The fourth-order valence-corrected chi connectivity index (χ4v) is 3.94. The van der Waals surface area contributed by atoms with Gasteiger partial charge in [-0.05, 0) is 34.4 Å². The number of hydrogen-bond donors (Lipinski definition) is 2. The van der Waals surface area contributed by atoms with E-state index in [1.807, 2.05) is 71.3 Å². The number of nitrogens with one attached hydrogen (secondary N) is 1. The van der Waals surface area contributed by atoms with Gasteiger partial charge in [-0.1, -0.05) is 66.7 Å². The molecule has 1 atom stereocenters. The normalized spacial score (nSPS) is 12.2. The van der Waals surface area contributed by atoms with E-state index >= 15 is 0 Å². The average Bonchev–Trinajstić information content (AvgIpc) is 3.27. The molecule has 0 saturated carbocycles. The number of aliphatic hydroxyl groups is 1. The van der Waals surface area contributed by atoms with E-state index in [1.165, 1.54) is 0 Å². The van der Waals surface area contributed by atoms with Crippen molar-refractivity contribution < 1.29 is 5.11 Å². The minimum atomic E-state index is -0.842. The third-order valence-corrected chi connectivity index (χ3v) is 5.49. The highest BCUT2D eigenvalue weighted by Crippen LogP contribution is 2.30. The number of fused-ring (bicyclic) bond motifs is 1. The van der Waals surface area contributed by atoms with E-state index in [2.05, 4.69) is 22.1 Å². The molecule has 0 spiro atoms. The van der Waals surface area contributed by atoms with Crippen LogP contribution in [0.4, 0.5) is 0 Å². The van der Waals surface area contributed by atoms with Gasteiger partial charge in [-0.15, -0.1) is 0 Å². The summed E-state index contributed by atoms with van der Waals surface area (Å²) < 4.78 is 1.95. The van der Waals surface area contributed by atoms with Gasteiger partial charge in [0.2, 0.25) is 5.56 Å². The molecule has 0 aliphatic rings. The Labute approximate surface area is 179 Å². The number of aromatic nitrogens is 3. The highest BCUT2D eigenvalue weighted by atomic mass is 16.3. The molecule has 0 saturated heterocycles. The number of benzene rings is 3. The molecule has 31 heavy (non-hydrogen) atoms. The molecule has 2 N–H and O–H groups in total. The maximum atomic E-state index is 12.2. The fraction of sp³-hybridized carbons (Fsp3) is 0.0769. The van der Waals surface area contributed by atoms with Crippen LogP contribution < -0.4 is 5.56 Å². The number of pyridine rings is 1. The van der Waals surface area contributed by atoms with Crippen molar-refractivity contribution in [1.82, 2.24) is 14.5 Å². The molecular weight excluding hydrogens is 386 g/mol. The molecule has 2 heterocycles. The Morgan fingerprint density at radius 3 is 2.45 bits per heavy atom. The van der Waals surface area contributed by atoms with Gasteiger partial charge in [-0.25, -0.2) is 4.98 Å². The predicted molar refractivity (Wildman–Crippen MR) is 122 cm³/mol. The van der Waals surface area contributed by atoms with Crippen LogP contribution in [0.1, 0.15) is 22.9 Å². The van der Waals surface area contributed by atoms with Crippen LogP contribution in [0.5, 0.6) is 0 Å². The number of aromatic amines is 1. The summed E-state index contributed by atoms with van der Waals surface area (Å²) in [5, 5.41) is 12.1. The van der Waals surface area contributed by atoms with Crippen LogP contribution in [0, 0.1) is 0 Å². The van der Waals surface area contributed by atoms with Crippen LogP contribution in [0.3, 0.4) is 0 Å². The molecule has 0 radical (unpaired) electrons. The first kappa shape index (κ1) is 19.0. The predicted octanol–water partition coefficient (Wildman–Crippen LogP) is 4.52. The first-order valence-corrected chi connectivity index (χ1v) is 10.1. The first-order chi connectivity index (χ1) is 15.2. The highest BCUT2D eigenvalue weighted by Gasteiger charge is 2.17. The lowest BCUT2D eigenvalue weighted by Crippen LogP contribution is -2.10. The Hall–Kier alpha value is -3.96. The zero-order valence-electron chi connectivity index (χ0n) is 16.8. The smallest absolute Gasteiger partial charge is 0.249 e. The van der Waals surface area contributed by atoms with Crippen molar-refractivity contribution in [1.29, 1.82) is 0 Å². The maximum Gasteiger partial charge on any atom is 0.249 e. The van der Waals surface area contributed by atoms with Gasteiger partial charge in [-0.3, -0.25) is 4.79 Å². The maximum absolute atomic E-state index is 12.2. The Morgan fingerprint density at radius 2 is 1.68 bits per heavy atom. The number of hydrogen-bond acceptors (Lipinski definition) is 3. The minimum absolute atomic E-state index is 0.152. The third kappa shape index (κ3) is 3.79. The molecule has 0 aliphatic heterocycles. The summed E-state index contributed by atoms with van der Waals surface area (Å²) in [5.74, 6) is 0. The van der Waals surface area contributed by atoms with Crippen molar-refractivity contribution in [3.8, 4) is 11.1 Å². The second-order valence-electron chi connectivity index (χ2n) is 7.55. The molecule has 5 rings (SSSR count). The van der Waals surface area contributed by atoms with Gasteiger partial charge >= 0.3 is 0 Å². The van der Waals surface area contributed by atoms with Crippen LogP contribution in [-0.2, 0) is 6.54 Å². The average molecular weight is 407 g/mol. The molecule has 5 nitrogen and oxygen atoms in total. The number of rotatable bonds is 5. The van der Waals surface area contributed by atoms with E-state index in [9.17, 15) is 9.90 Å². The van der Waals surface area contributed by atoms with Crippen LogP contribution in [0.2, 0.25) is 0 Å². The summed E-state index contributed by atoms with van der Waals surface area (Å²) in [7, 11) is 0. The third-order valence-electron chi connectivity index (χ3n) is 5.49. The standard InChI is InChI=1S/C26H21N3O2/c30-25-14-21(19-9-5-2-6-10-19)22-13-20(11-12-23(22)28-25)26(31)24-15-27-17-29(24)16-18-7-3-1-4-8-18/h1-15,17,26,31H,16H2,(H,28,30). The van der Waals surface area contributed by atoms with E-state index in [0.29, 0.717) is 12.2 Å². The molecular formula is C26H21N3O2. The lowest BCUT2D eigenvalue weighted by atomic mass is 9.97. The zero-order valence-corrected chi connectivity index (χ0v) is 16.8. The number of nitrogens with zero attached hydrogens (tertiary/aromatic N) is 2. The van der Waals surface area contributed by atoms with E-state index in [-0.39, 0.29) is 5.56 Å². The van der Waals surface area contributed by atoms with Gasteiger partial charge in [-0.2, -0.15) is 0 Å². The summed E-state index contributed by atoms with van der Waals surface area (Å²) in [5.41, 5.74) is 4.98. The Balaban J connectivity index is 1.57. The summed E-state index contributed by atoms with van der Waals surface area (Å²) in [6, 6.07) is 27.1. The molecule has 2 aromatic heterocycles. The molecule has 0 aliphatic carbocycles. The molecule has 0 bridgehead atoms. The Morgan fingerprint density at radius 1 is 0.935 bits per heavy atom. The lowest BCUT2D eigenvalue weighted by molar-refractivity contribution is 0.210. The van der Waals surface area contributed by atoms with Gasteiger partial charge in [0.15, 0.2) is 0 Å². The number of aliphatic hydroxyl groups excluding tert-OH is 1. The SMILES string of the molecule is O=c1cc(-c2ccccc2)c2cc(C(O)c3cncn3Cc3ccccc3)ccc2[nH]1. The van der Waals surface area contributed by atoms with Crippen molar-refractivity contribution in [3.05, 3.63) is 125 Å². The first-order valence-electron chi connectivity index (χ1n) is 10.1. The van der Waals surface area contributed by atoms with Gasteiger partial charge in [0.05, 0.1) is 18.2 Å². The monoisotopic (exact) mass is 407 g/mol. The molecule has 5 aromatic rings. The van der Waals surface area contributed by atoms with Gasteiger partial charge in [0, 0.05) is 23.5 Å². The number of imidazole rings is 1. The van der Waals surface area contributed by atoms with E-state index < -0.39 is 6.10 Å². The van der Waals surface area contributed by atoms with E-state index in [0.717, 1.165) is 33.2 Å². The summed E-state index contributed by atoms with van der Waals surface area (Å²) in [4.78, 5) is 19.3. The quantitative estimate of drug-likeness (QED) is 0.450. The molecule has 0 amide bonds. The Kier molecular flexibility index (Phi) is 4.94. The molecule has 3 aromatic carbocycles. The van der Waals surface area contributed by atoms with Gasteiger partial charge < -0.3 is 14.7 Å². The fourth-order valence-electron chi connectivity index (χ4n) is 3.94. The van der Waals surface area contributed by atoms with Crippen molar-refractivity contribution >= 4 is 10.9 Å².